The number of nitrogens with zero attached hydrogens (tertiary/aromatic N) is 1. The molecule has 2 aliphatic rings. The molecule has 0 amide bonds. The van der Waals surface area contributed by atoms with E-state index in [1.165, 1.54) is 45.2 Å². The Hall–Kier alpha value is -0.0800. The van der Waals surface area contributed by atoms with E-state index in [0.717, 1.165) is 12.5 Å². The molecule has 1 saturated carbocycles. The Kier molecular flexibility index (Phi) is 3.33. The molecule has 0 bridgehead atoms. The molecular formula is C14H28N2. The molecule has 1 aliphatic carbocycles. The third-order valence-electron chi connectivity index (χ3n) is 5.38. The van der Waals surface area contributed by atoms with Gasteiger partial charge in [0.25, 0.3) is 0 Å². The van der Waals surface area contributed by atoms with Crippen LogP contribution in [0.3, 0.4) is 0 Å². The number of hydrogen-bond donors (Lipinski definition) is 1. The highest BCUT2D eigenvalue weighted by molar-refractivity contribution is 5.07. The number of hydrogen-bond acceptors (Lipinski definition) is 2. The number of piperidine rings is 1. The van der Waals surface area contributed by atoms with Crippen LogP contribution in [0.5, 0.6) is 0 Å². The van der Waals surface area contributed by atoms with Crippen molar-refractivity contribution in [1.82, 2.24) is 4.90 Å². The monoisotopic (exact) mass is 224 g/mol. The summed E-state index contributed by atoms with van der Waals surface area (Å²) >= 11 is 0. The molecule has 0 radical (unpaired) electrons. The molecule has 94 valence electrons. The summed E-state index contributed by atoms with van der Waals surface area (Å²) in [5.74, 6) is 0.913. The zero-order valence-corrected chi connectivity index (χ0v) is 11.3. The van der Waals surface area contributed by atoms with Crippen LogP contribution in [-0.2, 0) is 0 Å². The second-order valence-corrected chi connectivity index (χ2v) is 6.64. The predicted molar refractivity (Wildman–Crippen MR) is 69.4 cm³/mol. The van der Waals surface area contributed by atoms with Crippen molar-refractivity contribution in [2.24, 2.45) is 17.1 Å². The molecule has 0 spiro atoms. The van der Waals surface area contributed by atoms with Gasteiger partial charge in [-0.3, -0.25) is 4.90 Å². The van der Waals surface area contributed by atoms with Gasteiger partial charge in [-0.05, 0) is 50.1 Å². The Morgan fingerprint density at radius 1 is 1.19 bits per heavy atom. The largest absolute Gasteiger partial charge is 0.329 e. The van der Waals surface area contributed by atoms with Gasteiger partial charge in [-0.25, -0.2) is 0 Å². The van der Waals surface area contributed by atoms with Gasteiger partial charge in [-0.15, -0.1) is 0 Å². The second-order valence-electron chi connectivity index (χ2n) is 6.64. The van der Waals surface area contributed by atoms with Crippen molar-refractivity contribution in [3.8, 4) is 0 Å². The minimum Gasteiger partial charge on any atom is -0.329 e. The van der Waals surface area contributed by atoms with Crippen LogP contribution in [0, 0.1) is 11.3 Å². The average Bonchev–Trinajstić information content (AvgIpc) is 2.55. The fourth-order valence-corrected chi connectivity index (χ4v) is 3.92. The van der Waals surface area contributed by atoms with Crippen molar-refractivity contribution in [2.45, 2.75) is 58.4 Å². The Morgan fingerprint density at radius 2 is 1.81 bits per heavy atom. The number of nitrogens with two attached hydrogens (primary N) is 1. The van der Waals surface area contributed by atoms with Crippen molar-refractivity contribution in [3.05, 3.63) is 0 Å². The average molecular weight is 224 g/mol. The maximum absolute atomic E-state index is 6.17. The molecule has 2 rings (SSSR count). The molecular weight excluding hydrogens is 196 g/mol. The van der Waals surface area contributed by atoms with E-state index >= 15 is 0 Å². The van der Waals surface area contributed by atoms with E-state index in [1.807, 2.05) is 0 Å². The van der Waals surface area contributed by atoms with Crippen molar-refractivity contribution in [3.63, 3.8) is 0 Å². The van der Waals surface area contributed by atoms with Crippen LogP contribution in [0.4, 0.5) is 0 Å². The maximum Gasteiger partial charge on any atom is 0.0382 e. The van der Waals surface area contributed by atoms with Gasteiger partial charge in [0.2, 0.25) is 0 Å². The van der Waals surface area contributed by atoms with E-state index in [1.54, 1.807) is 0 Å². The molecule has 0 aromatic carbocycles. The van der Waals surface area contributed by atoms with Gasteiger partial charge in [0.15, 0.2) is 0 Å². The Bertz CT molecular complexity index is 241. The lowest BCUT2D eigenvalue weighted by Gasteiger charge is -2.51. The van der Waals surface area contributed by atoms with E-state index < -0.39 is 0 Å². The molecule has 1 heterocycles. The molecule has 2 fully saturated rings. The highest BCUT2D eigenvalue weighted by Crippen LogP contribution is 2.49. The summed E-state index contributed by atoms with van der Waals surface area (Å²) in [6.45, 7) is 10.6. The molecule has 16 heavy (non-hydrogen) atoms. The van der Waals surface area contributed by atoms with Gasteiger partial charge in [0.1, 0.15) is 0 Å². The number of likely N-dealkylation sites (tertiary alicyclic amines) is 1. The summed E-state index contributed by atoms with van der Waals surface area (Å²) in [7, 11) is 0. The predicted octanol–water partition coefficient (Wildman–Crippen LogP) is 2.63. The maximum atomic E-state index is 6.17. The molecule has 1 atom stereocenters. The lowest BCUT2D eigenvalue weighted by molar-refractivity contribution is -0.00876. The van der Waals surface area contributed by atoms with Crippen molar-refractivity contribution >= 4 is 0 Å². The first-order valence-corrected chi connectivity index (χ1v) is 6.97. The van der Waals surface area contributed by atoms with Crippen LogP contribution in [-0.4, -0.2) is 30.1 Å². The van der Waals surface area contributed by atoms with Gasteiger partial charge in [0, 0.05) is 12.1 Å². The molecule has 2 heteroatoms. The summed E-state index contributed by atoms with van der Waals surface area (Å²) in [5.41, 5.74) is 6.87. The fourth-order valence-electron chi connectivity index (χ4n) is 3.92. The first kappa shape index (κ1) is 12.4. The van der Waals surface area contributed by atoms with E-state index in [-0.39, 0.29) is 0 Å². The second kappa shape index (κ2) is 4.30. The lowest BCUT2D eigenvalue weighted by atomic mass is 9.72. The molecule has 1 saturated heterocycles. The van der Waals surface area contributed by atoms with E-state index in [4.69, 9.17) is 5.73 Å². The van der Waals surface area contributed by atoms with Crippen LogP contribution >= 0.6 is 0 Å². The van der Waals surface area contributed by atoms with Gasteiger partial charge in [-0.1, -0.05) is 27.2 Å². The van der Waals surface area contributed by atoms with Crippen LogP contribution in [0.15, 0.2) is 0 Å². The zero-order chi connectivity index (χ0) is 11.8. The highest BCUT2D eigenvalue weighted by Gasteiger charge is 2.51. The van der Waals surface area contributed by atoms with Gasteiger partial charge < -0.3 is 5.73 Å². The topological polar surface area (TPSA) is 29.3 Å². The van der Waals surface area contributed by atoms with E-state index in [9.17, 15) is 0 Å². The molecule has 0 aromatic heterocycles. The lowest BCUT2D eigenvalue weighted by Crippen LogP contribution is -2.61. The van der Waals surface area contributed by atoms with Crippen molar-refractivity contribution in [2.75, 3.05) is 19.6 Å². The minimum atomic E-state index is 0.299. The van der Waals surface area contributed by atoms with Crippen molar-refractivity contribution < 1.29 is 0 Å². The molecule has 1 aliphatic heterocycles. The summed E-state index contributed by atoms with van der Waals surface area (Å²) < 4.78 is 0. The summed E-state index contributed by atoms with van der Waals surface area (Å²) in [6.07, 6.45) is 6.73. The third kappa shape index (κ3) is 1.80. The molecule has 0 aromatic rings. The van der Waals surface area contributed by atoms with Gasteiger partial charge >= 0.3 is 0 Å². The zero-order valence-electron chi connectivity index (χ0n) is 11.3. The molecule has 1 unspecified atom stereocenters. The SMILES string of the molecule is CC1CCN(C2(CN)CCCC2(C)C)CC1. The normalized spacial score (nSPS) is 36.8. The van der Waals surface area contributed by atoms with Crippen LogP contribution < -0.4 is 5.73 Å². The highest BCUT2D eigenvalue weighted by atomic mass is 15.2. The van der Waals surface area contributed by atoms with Crippen LogP contribution in [0.25, 0.3) is 0 Å². The summed E-state index contributed by atoms with van der Waals surface area (Å²) in [6, 6.07) is 0. The summed E-state index contributed by atoms with van der Waals surface area (Å²) in [5, 5.41) is 0. The quantitative estimate of drug-likeness (QED) is 0.781. The Morgan fingerprint density at radius 3 is 2.25 bits per heavy atom. The van der Waals surface area contributed by atoms with E-state index in [2.05, 4.69) is 25.7 Å². The fraction of sp³-hybridized carbons (Fsp3) is 1.00. The molecule has 2 N–H and O–H groups in total. The standard InChI is InChI=1S/C14H28N2/c1-12-5-9-16(10-6-12)14(11-15)8-4-7-13(14,2)3/h12H,4-11,15H2,1-3H3. The Balaban J connectivity index is 2.15. The number of rotatable bonds is 2. The first-order valence-electron chi connectivity index (χ1n) is 6.97. The first-order chi connectivity index (χ1) is 7.52. The van der Waals surface area contributed by atoms with Gasteiger partial charge in [-0.2, -0.15) is 0 Å². The van der Waals surface area contributed by atoms with E-state index in [0.29, 0.717) is 11.0 Å². The van der Waals surface area contributed by atoms with Crippen LogP contribution in [0.2, 0.25) is 0 Å². The summed E-state index contributed by atoms with van der Waals surface area (Å²) in [4.78, 5) is 2.72. The smallest absolute Gasteiger partial charge is 0.0382 e. The van der Waals surface area contributed by atoms with Gasteiger partial charge in [0.05, 0.1) is 0 Å². The molecule has 2 nitrogen and oxygen atoms in total. The Labute approximate surface area is 101 Å². The third-order valence-corrected chi connectivity index (χ3v) is 5.38. The van der Waals surface area contributed by atoms with Crippen LogP contribution in [0.1, 0.15) is 52.9 Å². The van der Waals surface area contributed by atoms with Crippen molar-refractivity contribution in [1.29, 1.82) is 0 Å². The minimum absolute atomic E-state index is 0.299.